The molecule has 0 amide bonds. The van der Waals surface area contributed by atoms with Crippen LogP contribution in [0.5, 0.6) is 0 Å². The molecule has 0 aliphatic rings. The first-order valence-electron chi connectivity index (χ1n) is 6.42. The first kappa shape index (κ1) is 15.5. The zero-order chi connectivity index (χ0) is 12.7. The number of ether oxygens (including phenoxy) is 1. The summed E-state index contributed by atoms with van der Waals surface area (Å²) < 4.78 is 5.65. The van der Waals surface area contributed by atoms with Gasteiger partial charge in [-0.3, -0.25) is 0 Å². The van der Waals surface area contributed by atoms with Gasteiger partial charge in [0.05, 0.1) is 6.10 Å². The van der Waals surface area contributed by atoms with Crippen LogP contribution < -0.4 is 5.73 Å². The second-order valence-corrected chi connectivity index (χ2v) is 5.13. The molecule has 2 heteroatoms. The van der Waals surface area contributed by atoms with Crippen LogP contribution in [0.1, 0.15) is 47.0 Å². The van der Waals surface area contributed by atoms with Crippen molar-refractivity contribution in [2.24, 2.45) is 23.5 Å². The smallest absolute Gasteiger partial charge is 0.0681 e. The van der Waals surface area contributed by atoms with Gasteiger partial charge in [-0.25, -0.2) is 0 Å². The first-order chi connectivity index (χ1) is 7.45. The molecule has 0 saturated heterocycles. The van der Waals surface area contributed by atoms with Gasteiger partial charge in [-0.1, -0.05) is 47.1 Å². The molecule has 2 N–H and O–H groups in total. The van der Waals surface area contributed by atoms with Gasteiger partial charge in [-0.05, 0) is 18.3 Å². The fourth-order valence-electron chi connectivity index (χ4n) is 2.11. The van der Waals surface area contributed by atoms with Crippen LogP contribution in [0.2, 0.25) is 0 Å². The molecule has 0 aromatic heterocycles. The van der Waals surface area contributed by atoms with Gasteiger partial charge in [0.1, 0.15) is 0 Å². The summed E-state index contributed by atoms with van der Waals surface area (Å²) in [6.07, 6.45) is 3.66. The van der Waals surface area contributed by atoms with Crippen molar-refractivity contribution >= 4 is 0 Å². The fraction of sp³-hybridized carbons (Fsp3) is 0.857. The Morgan fingerprint density at radius 3 is 2.19 bits per heavy atom. The van der Waals surface area contributed by atoms with Crippen LogP contribution in [-0.2, 0) is 4.74 Å². The third kappa shape index (κ3) is 4.56. The number of hydrogen-bond donors (Lipinski definition) is 1. The van der Waals surface area contributed by atoms with Crippen molar-refractivity contribution in [3.63, 3.8) is 0 Å². The highest BCUT2D eigenvalue weighted by atomic mass is 16.5. The van der Waals surface area contributed by atoms with Crippen LogP contribution in [-0.4, -0.2) is 13.2 Å². The molecule has 0 rings (SSSR count). The van der Waals surface area contributed by atoms with Crippen LogP contribution in [0.4, 0.5) is 0 Å². The minimum Gasteiger partial charge on any atom is -0.402 e. The lowest BCUT2D eigenvalue weighted by Gasteiger charge is -2.33. The summed E-state index contributed by atoms with van der Waals surface area (Å²) in [4.78, 5) is 0. The van der Waals surface area contributed by atoms with Gasteiger partial charge in [0.25, 0.3) is 0 Å². The first-order valence-corrected chi connectivity index (χ1v) is 6.42. The van der Waals surface area contributed by atoms with Gasteiger partial charge in [-0.2, -0.15) is 0 Å². The zero-order valence-corrected chi connectivity index (χ0v) is 11.6. The van der Waals surface area contributed by atoms with Gasteiger partial charge >= 0.3 is 0 Å². The van der Waals surface area contributed by atoms with E-state index in [1.54, 1.807) is 7.11 Å². The summed E-state index contributed by atoms with van der Waals surface area (Å²) in [6.45, 7) is 12.8. The highest BCUT2D eigenvalue weighted by molar-refractivity contribution is 4.99. The highest BCUT2D eigenvalue weighted by Crippen LogP contribution is 2.29. The van der Waals surface area contributed by atoms with Crippen LogP contribution in [0.15, 0.2) is 12.3 Å². The molecule has 3 unspecified atom stereocenters. The van der Waals surface area contributed by atoms with Crippen LogP contribution in [0.3, 0.4) is 0 Å². The summed E-state index contributed by atoms with van der Waals surface area (Å²) in [5.74, 6) is 1.41. The number of nitrogens with two attached hydrogens (primary N) is 1. The van der Waals surface area contributed by atoms with Crippen LogP contribution in [0, 0.1) is 17.8 Å². The van der Waals surface area contributed by atoms with E-state index in [0.717, 1.165) is 12.1 Å². The summed E-state index contributed by atoms with van der Waals surface area (Å²) in [6, 6.07) is 0. The van der Waals surface area contributed by atoms with Crippen molar-refractivity contribution < 1.29 is 4.74 Å². The molecule has 0 aliphatic carbocycles. The zero-order valence-electron chi connectivity index (χ0n) is 11.6. The largest absolute Gasteiger partial charge is 0.402 e. The third-order valence-corrected chi connectivity index (χ3v) is 3.58. The lowest BCUT2D eigenvalue weighted by molar-refractivity contribution is 0.00422. The second kappa shape index (κ2) is 7.72. The molecular formula is C14H29NO. The molecule has 96 valence electrons. The number of hydrogen-bond acceptors (Lipinski definition) is 2. The Hall–Kier alpha value is -0.500. The van der Waals surface area contributed by atoms with Gasteiger partial charge < -0.3 is 10.5 Å². The van der Waals surface area contributed by atoms with E-state index in [4.69, 9.17) is 10.5 Å². The van der Waals surface area contributed by atoms with Crippen molar-refractivity contribution in [3.8, 4) is 0 Å². The van der Waals surface area contributed by atoms with Gasteiger partial charge in [0.2, 0.25) is 0 Å². The van der Waals surface area contributed by atoms with Crippen molar-refractivity contribution in [1.29, 1.82) is 0 Å². The van der Waals surface area contributed by atoms with Crippen molar-refractivity contribution in [2.75, 3.05) is 7.11 Å². The van der Waals surface area contributed by atoms with E-state index < -0.39 is 0 Å². The molecule has 3 atom stereocenters. The predicted molar refractivity (Wildman–Crippen MR) is 71.1 cm³/mol. The van der Waals surface area contributed by atoms with Crippen molar-refractivity contribution in [2.45, 2.75) is 53.1 Å². The summed E-state index contributed by atoms with van der Waals surface area (Å²) in [5, 5.41) is 0. The normalized spacial score (nSPS) is 17.1. The van der Waals surface area contributed by atoms with Crippen molar-refractivity contribution in [3.05, 3.63) is 12.3 Å². The van der Waals surface area contributed by atoms with E-state index >= 15 is 0 Å². The molecule has 0 aliphatic heterocycles. The monoisotopic (exact) mass is 227 g/mol. The summed E-state index contributed by atoms with van der Waals surface area (Å²) in [5.41, 5.74) is 6.69. The average molecular weight is 227 g/mol. The Bertz CT molecular complexity index is 201. The Morgan fingerprint density at radius 2 is 1.88 bits per heavy atom. The number of rotatable bonds is 8. The van der Waals surface area contributed by atoms with E-state index in [9.17, 15) is 0 Å². The average Bonchev–Trinajstić information content (AvgIpc) is 2.22. The Kier molecular flexibility index (Phi) is 7.48. The molecular weight excluding hydrogens is 198 g/mol. The lowest BCUT2D eigenvalue weighted by atomic mass is 9.81. The van der Waals surface area contributed by atoms with E-state index in [1.165, 1.54) is 12.8 Å². The maximum atomic E-state index is 5.92. The van der Waals surface area contributed by atoms with Crippen molar-refractivity contribution in [1.82, 2.24) is 0 Å². The number of methoxy groups -OCH3 is 1. The Balaban J connectivity index is 4.63. The predicted octanol–water partition coefficient (Wildman–Crippen LogP) is 3.57. The van der Waals surface area contributed by atoms with E-state index in [0.29, 0.717) is 17.8 Å². The minimum absolute atomic E-state index is 0.198. The lowest BCUT2D eigenvalue weighted by Crippen LogP contribution is -2.35. The second-order valence-electron chi connectivity index (χ2n) is 5.13. The topological polar surface area (TPSA) is 35.2 Å². The molecule has 0 spiro atoms. The van der Waals surface area contributed by atoms with Gasteiger partial charge in [0.15, 0.2) is 0 Å². The molecule has 0 aromatic carbocycles. The molecule has 0 heterocycles. The van der Waals surface area contributed by atoms with Crippen LogP contribution >= 0.6 is 0 Å². The molecule has 0 fully saturated rings. The van der Waals surface area contributed by atoms with E-state index in [-0.39, 0.29) is 6.10 Å². The quantitative estimate of drug-likeness (QED) is 0.688. The summed E-state index contributed by atoms with van der Waals surface area (Å²) in [7, 11) is 1.78. The standard InChI is InChI=1S/C14H29NO/c1-7-8-9-13(12(5)15)14(16-6)11(4)10(2)3/h10-11,13-14H,5,7-9,15H2,1-4,6H3. The highest BCUT2D eigenvalue weighted by Gasteiger charge is 2.29. The van der Waals surface area contributed by atoms with Crippen LogP contribution in [0.25, 0.3) is 0 Å². The minimum atomic E-state index is 0.198. The van der Waals surface area contributed by atoms with E-state index in [2.05, 4.69) is 34.3 Å². The molecule has 0 saturated carbocycles. The van der Waals surface area contributed by atoms with Gasteiger partial charge in [-0.15, -0.1) is 0 Å². The molecule has 0 radical (unpaired) electrons. The maximum Gasteiger partial charge on any atom is 0.0681 e. The Morgan fingerprint density at radius 1 is 1.31 bits per heavy atom. The number of unbranched alkanes of at least 4 members (excludes halogenated alkanes) is 1. The molecule has 16 heavy (non-hydrogen) atoms. The SMILES string of the molecule is C=C(N)C(CCCC)C(OC)C(C)C(C)C. The molecule has 0 aromatic rings. The summed E-state index contributed by atoms with van der Waals surface area (Å²) >= 11 is 0. The fourth-order valence-corrected chi connectivity index (χ4v) is 2.11. The molecule has 0 bridgehead atoms. The third-order valence-electron chi connectivity index (χ3n) is 3.58. The maximum absolute atomic E-state index is 5.92. The molecule has 2 nitrogen and oxygen atoms in total. The Labute approximate surface area is 101 Å². The van der Waals surface area contributed by atoms with Gasteiger partial charge in [0, 0.05) is 18.7 Å². The van der Waals surface area contributed by atoms with E-state index in [1.807, 2.05) is 0 Å².